The van der Waals surface area contributed by atoms with Crippen LogP contribution in [-0.2, 0) is 4.74 Å². The molecule has 1 aromatic heterocycles. The van der Waals surface area contributed by atoms with E-state index in [-0.39, 0.29) is 5.88 Å². The Hall–Kier alpha value is -2.03. The molecular formula is C16H21N5O2S. The maximum absolute atomic E-state index is 9.99. The normalized spacial score (nSPS) is 16.0. The molecule has 1 fully saturated rings. The first-order valence-corrected chi connectivity index (χ1v) is 8.35. The average Bonchev–Trinajstić information content (AvgIpc) is 2.88. The van der Waals surface area contributed by atoms with Crippen LogP contribution in [0.3, 0.4) is 0 Å². The zero-order chi connectivity index (χ0) is 16.9. The molecule has 128 valence electrons. The highest BCUT2D eigenvalue weighted by Gasteiger charge is 2.11. The number of ether oxygens (including phenoxy) is 1. The number of aromatic amines is 1. The van der Waals surface area contributed by atoms with E-state index in [0.717, 1.165) is 49.3 Å². The number of nitrogens with one attached hydrogen (secondary N) is 2. The van der Waals surface area contributed by atoms with Crippen LogP contribution in [0, 0.1) is 6.92 Å². The minimum atomic E-state index is -0.00420. The van der Waals surface area contributed by atoms with Crippen molar-refractivity contribution >= 4 is 33.9 Å². The summed E-state index contributed by atoms with van der Waals surface area (Å²) in [5, 5.41) is 22.3. The quantitative estimate of drug-likeness (QED) is 0.584. The molecule has 1 saturated heterocycles. The van der Waals surface area contributed by atoms with Crippen LogP contribution in [0.1, 0.15) is 5.56 Å². The number of morpholine rings is 1. The molecule has 1 aliphatic rings. The van der Waals surface area contributed by atoms with Gasteiger partial charge >= 0.3 is 0 Å². The standard InChI is InChI=1S/C16H21N5O2S/c1-11-2-3-13-12(10-11)14(15(22)18-13)19-20-16(24)17-4-5-21-6-8-23-9-7-21/h2-3,10,18,22H,4-9H2,1H3,(H,17,24). The highest BCUT2D eigenvalue weighted by molar-refractivity contribution is 7.80. The lowest BCUT2D eigenvalue weighted by atomic mass is 10.2. The molecule has 1 aromatic carbocycles. The van der Waals surface area contributed by atoms with Crippen molar-refractivity contribution in [1.29, 1.82) is 0 Å². The van der Waals surface area contributed by atoms with E-state index in [1.165, 1.54) is 0 Å². The van der Waals surface area contributed by atoms with Gasteiger partial charge in [0.2, 0.25) is 11.0 Å². The topological polar surface area (TPSA) is 85.2 Å². The van der Waals surface area contributed by atoms with Crippen LogP contribution in [0.25, 0.3) is 10.9 Å². The summed E-state index contributed by atoms with van der Waals surface area (Å²) in [5.74, 6) is -0.00420. The van der Waals surface area contributed by atoms with Crippen LogP contribution in [0.4, 0.5) is 5.69 Å². The van der Waals surface area contributed by atoms with Crippen LogP contribution < -0.4 is 5.32 Å². The van der Waals surface area contributed by atoms with Gasteiger partial charge in [0.05, 0.1) is 18.7 Å². The van der Waals surface area contributed by atoms with Gasteiger partial charge in [0.25, 0.3) is 0 Å². The Labute approximate surface area is 145 Å². The van der Waals surface area contributed by atoms with Crippen molar-refractivity contribution < 1.29 is 9.84 Å². The SMILES string of the molecule is Cc1ccc2[nH]c(O)c(N=NC(=S)NCCN3CCOCC3)c2c1. The summed E-state index contributed by atoms with van der Waals surface area (Å²) in [7, 11) is 0. The molecule has 0 aliphatic carbocycles. The minimum absolute atomic E-state index is 0.00420. The minimum Gasteiger partial charge on any atom is -0.493 e. The third-order valence-corrected chi connectivity index (χ3v) is 4.18. The second kappa shape index (κ2) is 7.69. The number of aromatic hydroxyl groups is 1. The Bertz CT molecular complexity index is 752. The maximum atomic E-state index is 9.99. The van der Waals surface area contributed by atoms with E-state index in [9.17, 15) is 5.11 Å². The molecular weight excluding hydrogens is 326 g/mol. The first-order valence-electron chi connectivity index (χ1n) is 7.94. The lowest BCUT2D eigenvalue weighted by Gasteiger charge is -2.26. The summed E-state index contributed by atoms with van der Waals surface area (Å²) in [6.45, 7) is 7.03. The molecule has 7 nitrogen and oxygen atoms in total. The van der Waals surface area contributed by atoms with Crippen molar-refractivity contribution in [2.45, 2.75) is 6.92 Å². The van der Waals surface area contributed by atoms with Gasteiger partial charge in [-0.25, -0.2) is 0 Å². The number of H-pyrrole nitrogens is 1. The molecule has 0 amide bonds. The van der Waals surface area contributed by atoms with Crippen LogP contribution in [0.2, 0.25) is 0 Å². The van der Waals surface area contributed by atoms with Gasteiger partial charge in [-0.1, -0.05) is 11.6 Å². The van der Waals surface area contributed by atoms with Crippen molar-refractivity contribution in [1.82, 2.24) is 15.2 Å². The number of aryl methyl sites for hydroxylation is 1. The van der Waals surface area contributed by atoms with Gasteiger partial charge in [-0.2, -0.15) is 0 Å². The van der Waals surface area contributed by atoms with Crippen LogP contribution in [-0.4, -0.2) is 59.5 Å². The number of fused-ring (bicyclic) bond motifs is 1. The average molecular weight is 347 g/mol. The largest absolute Gasteiger partial charge is 0.493 e. The van der Waals surface area contributed by atoms with Crippen molar-refractivity contribution in [3.63, 3.8) is 0 Å². The fourth-order valence-corrected chi connectivity index (χ4v) is 2.80. The summed E-state index contributed by atoms with van der Waals surface area (Å²) in [6, 6.07) is 5.83. The van der Waals surface area contributed by atoms with Gasteiger partial charge in [-0.05, 0) is 31.3 Å². The number of azo groups is 1. The smallest absolute Gasteiger partial charge is 0.218 e. The highest BCUT2D eigenvalue weighted by Crippen LogP contribution is 2.35. The van der Waals surface area contributed by atoms with E-state index < -0.39 is 0 Å². The zero-order valence-corrected chi connectivity index (χ0v) is 14.4. The molecule has 0 atom stereocenters. The van der Waals surface area contributed by atoms with E-state index in [4.69, 9.17) is 17.0 Å². The number of benzene rings is 1. The monoisotopic (exact) mass is 347 g/mol. The summed E-state index contributed by atoms with van der Waals surface area (Å²) >= 11 is 5.18. The fourth-order valence-electron chi connectivity index (χ4n) is 2.66. The molecule has 0 radical (unpaired) electrons. The maximum Gasteiger partial charge on any atom is 0.218 e. The molecule has 0 unspecified atom stereocenters. The van der Waals surface area contributed by atoms with Crippen molar-refractivity contribution in [2.75, 3.05) is 39.4 Å². The molecule has 2 aromatic rings. The Morgan fingerprint density at radius 2 is 2.21 bits per heavy atom. The number of hydrogen-bond acceptors (Lipinski definition) is 5. The van der Waals surface area contributed by atoms with Crippen LogP contribution in [0.15, 0.2) is 28.4 Å². The third-order valence-electron chi connectivity index (χ3n) is 3.96. The number of nitrogens with zero attached hydrogens (tertiary/aromatic N) is 3. The van der Waals surface area contributed by atoms with Crippen molar-refractivity contribution in [3.05, 3.63) is 23.8 Å². The Morgan fingerprint density at radius 3 is 3.00 bits per heavy atom. The molecule has 0 spiro atoms. The van der Waals surface area contributed by atoms with Gasteiger partial charge in [-0.3, -0.25) is 4.90 Å². The first-order chi connectivity index (χ1) is 11.6. The molecule has 0 bridgehead atoms. The molecule has 3 rings (SSSR count). The number of aromatic nitrogens is 1. The molecule has 1 aliphatic heterocycles. The van der Waals surface area contributed by atoms with Gasteiger partial charge in [-0.15, -0.1) is 10.2 Å². The first kappa shape index (κ1) is 16.8. The van der Waals surface area contributed by atoms with Gasteiger partial charge in [0, 0.05) is 31.6 Å². The lowest BCUT2D eigenvalue weighted by molar-refractivity contribution is 0.0389. The summed E-state index contributed by atoms with van der Waals surface area (Å²) < 4.78 is 5.31. The second-order valence-corrected chi connectivity index (χ2v) is 6.14. The lowest BCUT2D eigenvalue weighted by Crippen LogP contribution is -2.40. The highest BCUT2D eigenvalue weighted by atomic mass is 32.1. The number of rotatable bonds is 4. The predicted molar refractivity (Wildman–Crippen MR) is 97.1 cm³/mol. The van der Waals surface area contributed by atoms with Crippen molar-refractivity contribution in [2.24, 2.45) is 10.2 Å². The van der Waals surface area contributed by atoms with Crippen molar-refractivity contribution in [3.8, 4) is 5.88 Å². The Morgan fingerprint density at radius 1 is 1.42 bits per heavy atom. The van der Waals surface area contributed by atoms with E-state index in [1.807, 2.05) is 25.1 Å². The summed E-state index contributed by atoms with van der Waals surface area (Å²) in [6.07, 6.45) is 0. The Kier molecular flexibility index (Phi) is 5.39. The van der Waals surface area contributed by atoms with Crippen LogP contribution >= 0.6 is 12.2 Å². The number of thiocarbonyl (C=S) groups is 1. The predicted octanol–water partition coefficient (Wildman–Crippen LogP) is 2.47. The van der Waals surface area contributed by atoms with Crippen LogP contribution in [0.5, 0.6) is 5.88 Å². The molecule has 24 heavy (non-hydrogen) atoms. The third kappa shape index (κ3) is 4.08. The zero-order valence-electron chi connectivity index (χ0n) is 13.6. The second-order valence-electron chi connectivity index (χ2n) is 5.76. The van der Waals surface area contributed by atoms with Gasteiger partial charge in [0.15, 0.2) is 5.69 Å². The van der Waals surface area contributed by atoms with Gasteiger partial charge in [0.1, 0.15) is 0 Å². The van der Waals surface area contributed by atoms with E-state index in [0.29, 0.717) is 17.3 Å². The molecule has 0 saturated carbocycles. The van der Waals surface area contributed by atoms with E-state index in [2.05, 4.69) is 25.4 Å². The molecule has 2 heterocycles. The van der Waals surface area contributed by atoms with Gasteiger partial charge < -0.3 is 20.1 Å². The fraction of sp³-hybridized carbons (Fsp3) is 0.438. The summed E-state index contributed by atoms with van der Waals surface area (Å²) in [5.41, 5.74) is 2.31. The number of hydrogen-bond donors (Lipinski definition) is 3. The van der Waals surface area contributed by atoms with E-state index in [1.54, 1.807) is 0 Å². The molecule has 3 N–H and O–H groups in total. The van der Waals surface area contributed by atoms with E-state index >= 15 is 0 Å². The summed E-state index contributed by atoms with van der Waals surface area (Å²) in [4.78, 5) is 5.19. The molecule has 8 heteroatoms. The Balaban J connectivity index is 1.58.